The third kappa shape index (κ3) is 2.81. The molecular formula is C21H17FN2O. The Kier molecular flexibility index (Phi) is 3.82. The summed E-state index contributed by atoms with van der Waals surface area (Å²) in [6, 6.07) is 17.0. The van der Waals surface area contributed by atoms with E-state index in [0.717, 1.165) is 22.5 Å². The first-order chi connectivity index (χ1) is 12.2. The molecule has 0 unspecified atom stereocenters. The molecule has 4 heteroatoms. The minimum absolute atomic E-state index is 0.295. The summed E-state index contributed by atoms with van der Waals surface area (Å²) in [7, 11) is 0. The Morgan fingerprint density at radius 2 is 1.72 bits per heavy atom. The van der Waals surface area contributed by atoms with Crippen molar-refractivity contribution in [1.29, 1.82) is 0 Å². The van der Waals surface area contributed by atoms with Gasteiger partial charge >= 0.3 is 0 Å². The van der Waals surface area contributed by atoms with E-state index in [0.29, 0.717) is 11.1 Å². The van der Waals surface area contributed by atoms with Crippen molar-refractivity contribution in [2.75, 3.05) is 0 Å². The zero-order valence-electron chi connectivity index (χ0n) is 13.8. The van der Waals surface area contributed by atoms with Gasteiger partial charge in [-0.05, 0) is 19.1 Å². The topological polar surface area (TPSA) is 37.5 Å². The molecule has 0 aliphatic heterocycles. The summed E-state index contributed by atoms with van der Waals surface area (Å²) < 4.78 is 16.4. The second-order valence-corrected chi connectivity index (χ2v) is 6.11. The van der Waals surface area contributed by atoms with Crippen molar-refractivity contribution in [3.05, 3.63) is 83.9 Å². The van der Waals surface area contributed by atoms with Crippen molar-refractivity contribution in [2.24, 2.45) is 0 Å². The molecule has 2 heterocycles. The zero-order valence-corrected chi connectivity index (χ0v) is 13.8. The van der Waals surface area contributed by atoms with E-state index in [1.165, 1.54) is 5.56 Å². The summed E-state index contributed by atoms with van der Waals surface area (Å²) in [6.07, 6.45) is 3.80. The number of fused-ring (bicyclic) bond motifs is 1. The molecule has 0 amide bonds. The Bertz CT molecular complexity index is 1050. The van der Waals surface area contributed by atoms with Crippen LogP contribution in [0, 0.1) is 12.7 Å². The van der Waals surface area contributed by atoms with Crippen LogP contribution in [0.1, 0.15) is 11.1 Å². The fourth-order valence-electron chi connectivity index (χ4n) is 2.94. The molecule has 124 valence electrons. The Balaban J connectivity index is 1.80. The first kappa shape index (κ1) is 15.5. The van der Waals surface area contributed by atoms with E-state index in [1.54, 1.807) is 18.2 Å². The third-order valence-electron chi connectivity index (χ3n) is 4.36. The van der Waals surface area contributed by atoms with Crippen molar-refractivity contribution >= 4 is 5.65 Å². The molecule has 4 aromatic rings. The second-order valence-electron chi connectivity index (χ2n) is 6.11. The number of aromatic nitrogens is 2. The third-order valence-corrected chi connectivity index (χ3v) is 4.36. The second kappa shape index (κ2) is 6.15. The molecule has 0 radical (unpaired) electrons. The number of aryl methyl sites for hydroxylation is 1. The number of hydrogen-bond donors (Lipinski definition) is 1. The lowest BCUT2D eigenvalue weighted by Gasteiger charge is -2.07. The van der Waals surface area contributed by atoms with E-state index in [9.17, 15) is 9.50 Å². The molecule has 0 fully saturated rings. The molecule has 2 aromatic carbocycles. The van der Waals surface area contributed by atoms with Crippen LogP contribution in [0.4, 0.5) is 4.39 Å². The van der Waals surface area contributed by atoms with Gasteiger partial charge in [-0.1, -0.05) is 48.0 Å². The van der Waals surface area contributed by atoms with Crippen LogP contribution < -0.4 is 0 Å². The van der Waals surface area contributed by atoms with Crippen molar-refractivity contribution in [3.8, 4) is 22.4 Å². The maximum Gasteiger partial charge on any atom is 0.137 e. The molecule has 0 spiro atoms. The molecule has 0 saturated heterocycles. The van der Waals surface area contributed by atoms with Gasteiger partial charge in [0.25, 0.3) is 0 Å². The Labute approximate surface area is 145 Å². The number of pyridine rings is 1. The first-order valence-corrected chi connectivity index (χ1v) is 8.10. The van der Waals surface area contributed by atoms with Gasteiger partial charge in [0.05, 0.1) is 12.3 Å². The molecule has 0 atom stereocenters. The molecule has 2 aromatic heterocycles. The van der Waals surface area contributed by atoms with Crippen LogP contribution in [0.5, 0.6) is 0 Å². The summed E-state index contributed by atoms with van der Waals surface area (Å²) in [5, 5.41) is 9.26. The number of halogens is 1. The summed E-state index contributed by atoms with van der Waals surface area (Å²) in [4.78, 5) is 4.63. The molecular weight excluding hydrogens is 315 g/mol. The Hall–Kier alpha value is -2.98. The van der Waals surface area contributed by atoms with Gasteiger partial charge < -0.3 is 9.51 Å². The minimum Gasteiger partial charge on any atom is -0.392 e. The average molecular weight is 332 g/mol. The molecule has 1 N–H and O–H groups in total. The highest BCUT2D eigenvalue weighted by atomic mass is 19.1. The van der Waals surface area contributed by atoms with Gasteiger partial charge in [-0.3, -0.25) is 0 Å². The SMILES string of the molecule is Cc1ccc(-c2cn3cc(-c4cccc(CO)c4F)ccc3n2)cc1. The van der Waals surface area contributed by atoms with E-state index >= 15 is 0 Å². The number of imidazole rings is 1. The van der Waals surface area contributed by atoms with E-state index < -0.39 is 0 Å². The van der Waals surface area contributed by atoms with Crippen LogP contribution in [0.25, 0.3) is 28.0 Å². The predicted molar refractivity (Wildman–Crippen MR) is 96.7 cm³/mol. The summed E-state index contributed by atoms with van der Waals surface area (Å²) in [5.41, 5.74) is 5.44. The highest BCUT2D eigenvalue weighted by molar-refractivity contribution is 5.68. The number of aliphatic hydroxyl groups excluding tert-OH is 1. The fourth-order valence-corrected chi connectivity index (χ4v) is 2.94. The van der Waals surface area contributed by atoms with Gasteiger partial charge in [-0.15, -0.1) is 0 Å². The highest BCUT2D eigenvalue weighted by Crippen LogP contribution is 2.27. The van der Waals surface area contributed by atoms with E-state index in [1.807, 2.05) is 41.1 Å². The number of rotatable bonds is 3. The Morgan fingerprint density at radius 1 is 0.960 bits per heavy atom. The number of benzene rings is 2. The summed E-state index contributed by atoms with van der Waals surface area (Å²) in [5.74, 6) is -0.386. The summed E-state index contributed by atoms with van der Waals surface area (Å²) in [6.45, 7) is 1.74. The van der Waals surface area contributed by atoms with E-state index in [2.05, 4.69) is 24.0 Å². The summed E-state index contributed by atoms with van der Waals surface area (Å²) >= 11 is 0. The normalized spacial score (nSPS) is 11.2. The van der Waals surface area contributed by atoms with Gasteiger partial charge in [0.2, 0.25) is 0 Å². The van der Waals surface area contributed by atoms with E-state index in [-0.39, 0.29) is 12.4 Å². The quantitative estimate of drug-likeness (QED) is 0.595. The minimum atomic E-state index is -0.386. The molecule has 4 rings (SSSR count). The van der Waals surface area contributed by atoms with Crippen molar-refractivity contribution in [2.45, 2.75) is 13.5 Å². The fraction of sp³-hybridized carbons (Fsp3) is 0.0952. The van der Waals surface area contributed by atoms with Crippen LogP contribution in [0.15, 0.2) is 67.0 Å². The number of nitrogens with zero attached hydrogens (tertiary/aromatic N) is 2. The molecule has 0 aliphatic rings. The van der Waals surface area contributed by atoms with Crippen LogP contribution in [-0.2, 0) is 6.61 Å². The van der Waals surface area contributed by atoms with Gasteiger partial charge in [0, 0.05) is 34.6 Å². The van der Waals surface area contributed by atoms with Gasteiger partial charge in [-0.25, -0.2) is 9.37 Å². The molecule has 3 nitrogen and oxygen atoms in total. The molecule has 0 bridgehead atoms. The molecule has 0 saturated carbocycles. The van der Waals surface area contributed by atoms with Crippen molar-refractivity contribution < 1.29 is 9.50 Å². The van der Waals surface area contributed by atoms with Gasteiger partial charge in [0.15, 0.2) is 0 Å². The molecule has 25 heavy (non-hydrogen) atoms. The lowest BCUT2D eigenvalue weighted by molar-refractivity contribution is 0.276. The van der Waals surface area contributed by atoms with Crippen LogP contribution in [-0.4, -0.2) is 14.5 Å². The highest BCUT2D eigenvalue weighted by Gasteiger charge is 2.11. The largest absolute Gasteiger partial charge is 0.392 e. The molecule has 0 aliphatic carbocycles. The Morgan fingerprint density at radius 3 is 2.48 bits per heavy atom. The van der Waals surface area contributed by atoms with Crippen molar-refractivity contribution in [3.63, 3.8) is 0 Å². The smallest absolute Gasteiger partial charge is 0.137 e. The van der Waals surface area contributed by atoms with Crippen LogP contribution in [0.2, 0.25) is 0 Å². The van der Waals surface area contributed by atoms with Crippen LogP contribution in [0.3, 0.4) is 0 Å². The standard InChI is InChI=1S/C21H17FN2O/c1-14-5-7-15(8-6-14)19-12-24-11-16(9-10-20(24)23-19)18-4-2-3-17(13-25)21(18)22/h2-12,25H,13H2,1H3. The maximum atomic E-state index is 14.5. The van der Waals surface area contributed by atoms with Crippen LogP contribution >= 0.6 is 0 Å². The number of hydrogen-bond acceptors (Lipinski definition) is 2. The monoisotopic (exact) mass is 332 g/mol. The predicted octanol–water partition coefficient (Wildman–Crippen LogP) is 4.61. The first-order valence-electron chi connectivity index (χ1n) is 8.10. The van der Waals surface area contributed by atoms with E-state index in [4.69, 9.17) is 0 Å². The lowest BCUT2D eigenvalue weighted by Crippen LogP contribution is -1.94. The number of aliphatic hydroxyl groups is 1. The maximum absolute atomic E-state index is 14.5. The van der Waals surface area contributed by atoms with Gasteiger partial charge in [-0.2, -0.15) is 0 Å². The zero-order chi connectivity index (χ0) is 17.4. The van der Waals surface area contributed by atoms with Crippen molar-refractivity contribution in [1.82, 2.24) is 9.38 Å². The average Bonchev–Trinajstić information content (AvgIpc) is 3.05. The van der Waals surface area contributed by atoms with Gasteiger partial charge in [0.1, 0.15) is 11.5 Å². The lowest BCUT2D eigenvalue weighted by atomic mass is 10.0.